The summed E-state index contributed by atoms with van der Waals surface area (Å²) >= 11 is 5.89. The molecule has 30 heavy (non-hydrogen) atoms. The number of aromatic nitrogens is 5. The molecule has 2 aromatic heterocycles. The minimum absolute atomic E-state index is 0.0158. The van der Waals surface area contributed by atoms with Crippen molar-refractivity contribution in [2.75, 3.05) is 0 Å². The van der Waals surface area contributed by atoms with Gasteiger partial charge in [-0.3, -0.25) is 0 Å². The van der Waals surface area contributed by atoms with Gasteiger partial charge in [0, 0.05) is 5.56 Å². The Balaban J connectivity index is 1.57. The van der Waals surface area contributed by atoms with Gasteiger partial charge in [0.25, 0.3) is 0 Å². The first kappa shape index (κ1) is 20.1. The Kier molecular flexibility index (Phi) is 4.68. The fourth-order valence-electron chi connectivity index (χ4n) is 2.63. The van der Waals surface area contributed by atoms with Gasteiger partial charge in [0.05, 0.1) is 17.1 Å². The molecule has 4 aromatic rings. The Labute approximate surface area is 168 Å². The molecule has 0 saturated heterocycles. The predicted molar refractivity (Wildman–Crippen MR) is 91.4 cm³/mol. The molecule has 0 atom stereocenters. The highest BCUT2D eigenvalue weighted by molar-refractivity contribution is 6.34. The van der Waals surface area contributed by atoms with Crippen molar-refractivity contribution >= 4 is 22.6 Å². The molecule has 0 radical (unpaired) electrons. The minimum atomic E-state index is -4.74. The van der Waals surface area contributed by atoms with Crippen LogP contribution in [0.3, 0.4) is 0 Å². The molecular formula is C17H8ClF6N5O. The van der Waals surface area contributed by atoms with Crippen LogP contribution in [-0.4, -0.2) is 25.1 Å². The van der Waals surface area contributed by atoms with Crippen molar-refractivity contribution in [3.63, 3.8) is 0 Å². The van der Waals surface area contributed by atoms with Crippen LogP contribution in [-0.2, 0) is 18.9 Å². The molecule has 4 rings (SSSR count). The highest BCUT2D eigenvalue weighted by Gasteiger charge is 2.38. The van der Waals surface area contributed by atoms with Crippen LogP contribution >= 0.6 is 11.6 Å². The summed E-state index contributed by atoms with van der Waals surface area (Å²) in [7, 11) is 0. The third-order valence-electron chi connectivity index (χ3n) is 4.01. The number of hydrogen-bond donors (Lipinski definition) is 0. The maximum atomic E-state index is 12.9. The number of benzene rings is 2. The van der Waals surface area contributed by atoms with Gasteiger partial charge in [-0.05, 0) is 17.7 Å². The van der Waals surface area contributed by atoms with E-state index in [4.69, 9.17) is 11.6 Å². The second-order valence-corrected chi connectivity index (χ2v) is 6.58. The van der Waals surface area contributed by atoms with E-state index in [-0.39, 0.29) is 34.0 Å². The maximum Gasteiger partial charge on any atom is 0.471 e. The second kappa shape index (κ2) is 6.97. The molecule has 0 aliphatic heterocycles. The van der Waals surface area contributed by atoms with E-state index in [1.807, 2.05) is 0 Å². The van der Waals surface area contributed by atoms with E-state index in [9.17, 15) is 26.3 Å². The van der Waals surface area contributed by atoms with Crippen molar-refractivity contribution in [1.82, 2.24) is 25.1 Å². The molecule has 0 saturated carbocycles. The lowest BCUT2D eigenvalue weighted by atomic mass is 10.1. The van der Waals surface area contributed by atoms with Crippen molar-refractivity contribution in [3.8, 4) is 11.4 Å². The fourth-order valence-corrected chi connectivity index (χ4v) is 2.89. The Morgan fingerprint density at radius 1 is 0.933 bits per heavy atom. The summed E-state index contributed by atoms with van der Waals surface area (Å²) < 4.78 is 80.5. The summed E-state index contributed by atoms with van der Waals surface area (Å²) in [6.45, 7) is 0.0900. The second-order valence-electron chi connectivity index (χ2n) is 6.17. The molecule has 2 heterocycles. The topological polar surface area (TPSA) is 69.6 Å². The van der Waals surface area contributed by atoms with E-state index in [2.05, 4.69) is 24.9 Å². The molecule has 156 valence electrons. The van der Waals surface area contributed by atoms with Gasteiger partial charge in [-0.15, -0.1) is 0 Å². The Morgan fingerprint density at radius 3 is 2.23 bits per heavy atom. The SMILES string of the molecule is FC(F)(F)c1cc(Cl)c2nn(Cc3ccc(-c4noc(C(F)(F)F)n4)cc3)nc2c1. The predicted octanol–water partition coefficient (Wildman–Crippen LogP) is 5.22. The van der Waals surface area contributed by atoms with Gasteiger partial charge < -0.3 is 4.52 Å². The van der Waals surface area contributed by atoms with Gasteiger partial charge in [0.15, 0.2) is 0 Å². The number of halogens is 7. The zero-order chi connectivity index (χ0) is 21.7. The van der Waals surface area contributed by atoms with Crippen molar-refractivity contribution in [2.24, 2.45) is 0 Å². The van der Waals surface area contributed by atoms with Crippen LogP contribution < -0.4 is 0 Å². The molecule has 0 bridgehead atoms. The molecule has 2 aromatic carbocycles. The first-order chi connectivity index (χ1) is 14.0. The summed E-state index contributed by atoms with van der Waals surface area (Å²) in [5, 5.41) is 11.2. The molecule has 0 spiro atoms. The molecular weight excluding hydrogens is 440 g/mol. The van der Waals surface area contributed by atoms with Crippen LogP contribution in [0.5, 0.6) is 0 Å². The average Bonchev–Trinajstić information content (AvgIpc) is 3.28. The van der Waals surface area contributed by atoms with Gasteiger partial charge in [-0.1, -0.05) is 41.0 Å². The third-order valence-corrected chi connectivity index (χ3v) is 4.30. The maximum absolute atomic E-state index is 12.9. The molecule has 0 amide bonds. The van der Waals surface area contributed by atoms with Gasteiger partial charge in [-0.2, -0.15) is 46.3 Å². The van der Waals surface area contributed by atoms with Crippen LogP contribution in [0.2, 0.25) is 5.02 Å². The lowest BCUT2D eigenvalue weighted by Gasteiger charge is -2.05. The zero-order valence-electron chi connectivity index (χ0n) is 14.5. The van der Waals surface area contributed by atoms with Gasteiger partial charge in [-0.25, -0.2) is 0 Å². The minimum Gasteiger partial charge on any atom is -0.329 e. The number of hydrogen-bond acceptors (Lipinski definition) is 5. The molecule has 0 aliphatic rings. The summed E-state index contributed by atoms with van der Waals surface area (Å²) in [6.07, 6.45) is -9.31. The first-order valence-corrected chi connectivity index (χ1v) is 8.50. The van der Waals surface area contributed by atoms with E-state index < -0.39 is 23.8 Å². The highest BCUT2D eigenvalue weighted by atomic mass is 35.5. The normalized spacial score (nSPS) is 12.6. The summed E-state index contributed by atoms with van der Waals surface area (Å²) in [6, 6.07) is 7.70. The fraction of sp³-hybridized carbons (Fsp3) is 0.176. The van der Waals surface area contributed by atoms with Crippen LogP contribution in [0.1, 0.15) is 17.0 Å². The van der Waals surface area contributed by atoms with E-state index in [1.54, 1.807) is 12.1 Å². The van der Waals surface area contributed by atoms with Gasteiger partial charge in [0.1, 0.15) is 11.0 Å². The Morgan fingerprint density at radius 2 is 1.63 bits per heavy atom. The number of fused-ring (bicyclic) bond motifs is 1. The summed E-state index contributed by atoms with van der Waals surface area (Å²) in [5.74, 6) is -1.69. The van der Waals surface area contributed by atoms with Crippen LogP contribution in [0.15, 0.2) is 40.9 Å². The lowest BCUT2D eigenvalue weighted by Crippen LogP contribution is -2.05. The van der Waals surface area contributed by atoms with Crippen LogP contribution in [0, 0.1) is 0 Å². The molecule has 13 heteroatoms. The summed E-state index contributed by atoms with van der Waals surface area (Å²) in [5.41, 5.74) is 0.0839. The van der Waals surface area contributed by atoms with Crippen molar-refractivity contribution in [1.29, 1.82) is 0 Å². The van der Waals surface area contributed by atoms with Crippen molar-refractivity contribution < 1.29 is 30.9 Å². The molecule has 0 aliphatic carbocycles. The van der Waals surface area contributed by atoms with Gasteiger partial charge >= 0.3 is 18.2 Å². The van der Waals surface area contributed by atoms with Crippen LogP contribution in [0.25, 0.3) is 22.4 Å². The summed E-state index contributed by atoms with van der Waals surface area (Å²) in [4.78, 5) is 4.46. The van der Waals surface area contributed by atoms with E-state index in [0.717, 1.165) is 12.1 Å². The lowest BCUT2D eigenvalue weighted by molar-refractivity contribution is -0.159. The molecule has 0 N–H and O–H groups in total. The monoisotopic (exact) mass is 447 g/mol. The Bertz CT molecular complexity index is 1210. The molecule has 0 fully saturated rings. The molecule has 6 nitrogen and oxygen atoms in total. The third kappa shape index (κ3) is 3.95. The molecule has 0 unspecified atom stereocenters. The standard InChI is InChI=1S/C17H8ClF6N5O/c18-11-5-10(16(19,20)21)6-12-13(11)27-29(26-12)7-8-1-3-9(4-2-8)14-25-15(30-28-14)17(22,23)24/h1-6H,7H2. The van der Waals surface area contributed by atoms with Gasteiger partial charge in [0.2, 0.25) is 5.82 Å². The number of nitrogens with zero attached hydrogens (tertiary/aromatic N) is 5. The van der Waals surface area contributed by atoms with Crippen molar-refractivity contribution in [3.05, 3.63) is 58.4 Å². The van der Waals surface area contributed by atoms with E-state index >= 15 is 0 Å². The number of alkyl halides is 6. The Hall–Kier alpha value is -3.15. The first-order valence-electron chi connectivity index (χ1n) is 8.12. The average molecular weight is 448 g/mol. The van der Waals surface area contributed by atoms with E-state index in [1.165, 1.54) is 16.9 Å². The quantitative estimate of drug-likeness (QED) is 0.403. The van der Waals surface area contributed by atoms with Crippen LogP contribution in [0.4, 0.5) is 26.3 Å². The zero-order valence-corrected chi connectivity index (χ0v) is 15.2. The van der Waals surface area contributed by atoms with E-state index in [0.29, 0.717) is 5.56 Å². The van der Waals surface area contributed by atoms with Crippen molar-refractivity contribution in [2.45, 2.75) is 18.9 Å². The largest absolute Gasteiger partial charge is 0.471 e. The number of rotatable bonds is 3. The highest BCUT2D eigenvalue weighted by Crippen LogP contribution is 2.34. The smallest absolute Gasteiger partial charge is 0.329 e.